The van der Waals surface area contributed by atoms with Crippen molar-refractivity contribution in [2.45, 2.75) is 45.1 Å². The van der Waals surface area contributed by atoms with Gasteiger partial charge in [0.25, 0.3) is 0 Å². The molecule has 0 bridgehead atoms. The third kappa shape index (κ3) is 2.73. The molecule has 0 heterocycles. The monoisotopic (exact) mass is 317 g/mol. The van der Waals surface area contributed by atoms with Gasteiger partial charge in [-0.05, 0) is 42.9 Å². The van der Waals surface area contributed by atoms with Crippen molar-refractivity contribution in [2.75, 3.05) is 0 Å². The van der Waals surface area contributed by atoms with Gasteiger partial charge in [0.2, 0.25) is 0 Å². The van der Waals surface area contributed by atoms with E-state index in [4.69, 9.17) is 5.73 Å². The fourth-order valence-electron chi connectivity index (χ4n) is 3.66. The highest BCUT2D eigenvalue weighted by Crippen LogP contribution is 2.44. The Balaban J connectivity index is 0.00000176. The first-order valence-electron chi connectivity index (χ1n) is 7.79. The van der Waals surface area contributed by atoms with Crippen molar-refractivity contribution in [3.05, 3.63) is 64.2 Å². The predicted octanol–water partition coefficient (Wildman–Crippen LogP) is 4.61. The smallest absolute Gasteiger partial charge is 0.124 e. The molecule has 0 radical (unpaired) electrons. The molecular weight excluding hydrogens is 294 g/mol. The molecule has 0 saturated carbocycles. The van der Waals surface area contributed by atoms with E-state index in [0.717, 1.165) is 30.4 Å². The average Bonchev–Trinajstić information content (AvgIpc) is 2.89. The van der Waals surface area contributed by atoms with Gasteiger partial charge in [0.15, 0.2) is 0 Å². The van der Waals surface area contributed by atoms with Crippen LogP contribution in [0.2, 0.25) is 0 Å². The van der Waals surface area contributed by atoms with Crippen LogP contribution in [-0.2, 0) is 6.42 Å². The molecule has 2 aromatic rings. The van der Waals surface area contributed by atoms with E-state index < -0.39 is 0 Å². The second-order valence-electron chi connectivity index (χ2n) is 6.04. The van der Waals surface area contributed by atoms with Crippen LogP contribution >= 0.6 is 12.4 Å². The molecule has 2 aromatic carbocycles. The molecular formula is C19H24ClNO. The normalized spacial score (nSPS) is 17.7. The second-order valence-corrected chi connectivity index (χ2v) is 6.04. The van der Waals surface area contributed by atoms with Gasteiger partial charge in [0.1, 0.15) is 5.75 Å². The summed E-state index contributed by atoms with van der Waals surface area (Å²) in [6.07, 6.45) is 2.89. The van der Waals surface area contributed by atoms with Crippen molar-refractivity contribution in [3.8, 4) is 5.75 Å². The maximum Gasteiger partial charge on any atom is 0.124 e. The van der Waals surface area contributed by atoms with E-state index in [1.807, 2.05) is 6.07 Å². The van der Waals surface area contributed by atoms with E-state index in [-0.39, 0.29) is 24.4 Å². The largest absolute Gasteiger partial charge is 0.507 e. The number of phenols is 1. The third-order valence-electron chi connectivity index (χ3n) is 4.76. The molecule has 0 aliphatic heterocycles. The van der Waals surface area contributed by atoms with E-state index in [0.29, 0.717) is 5.75 Å². The van der Waals surface area contributed by atoms with Crippen LogP contribution in [0, 0.1) is 6.92 Å². The van der Waals surface area contributed by atoms with E-state index >= 15 is 0 Å². The number of aromatic hydroxyl groups is 1. The number of hydrogen-bond donors (Lipinski definition) is 2. The molecule has 2 atom stereocenters. The van der Waals surface area contributed by atoms with Gasteiger partial charge in [0, 0.05) is 23.1 Å². The van der Waals surface area contributed by atoms with Gasteiger partial charge in [-0.1, -0.05) is 43.3 Å². The lowest BCUT2D eigenvalue weighted by molar-refractivity contribution is 0.452. The summed E-state index contributed by atoms with van der Waals surface area (Å²) < 4.78 is 0. The zero-order valence-corrected chi connectivity index (χ0v) is 14.0. The molecule has 3 N–H and O–H groups in total. The molecule has 0 saturated heterocycles. The quantitative estimate of drug-likeness (QED) is 0.868. The minimum atomic E-state index is -0.0214. The lowest BCUT2D eigenvalue weighted by Gasteiger charge is -2.21. The molecule has 1 aliphatic rings. The van der Waals surface area contributed by atoms with Crippen LogP contribution in [0.4, 0.5) is 0 Å². The number of phenolic OH excluding ortho intramolecular Hbond substituents is 1. The zero-order chi connectivity index (χ0) is 15.0. The molecule has 0 spiro atoms. The molecule has 22 heavy (non-hydrogen) atoms. The van der Waals surface area contributed by atoms with Crippen LogP contribution in [0.1, 0.15) is 59.5 Å². The van der Waals surface area contributed by atoms with Gasteiger partial charge in [-0.3, -0.25) is 0 Å². The summed E-state index contributed by atoms with van der Waals surface area (Å²) in [5, 5.41) is 10.8. The lowest BCUT2D eigenvalue weighted by Crippen LogP contribution is -2.09. The van der Waals surface area contributed by atoms with E-state index in [2.05, 4.69) is 44.2 Å². The van der Waals surface area contributed by atoms with Gasteiger partial charge in [-0.25, -0.2) is 0 Å². The molecule has 3 rings (SSSR count). The van der Waals surface area contributed by atoms with Crippen molar-refractivity contribution in [3.63, 3.8) is 0 Å². The van der Waals surface area contributed by atoms with Crippen LogP contribution in [0.3, 0.4) is 0 Å². The van der Waals surface area contributed by atoms with Crippen LogP contribution in [0.5, 0.6) is 5.75 Å². The van der Waals surface area contributed by atoms with Crippen LogP contribution < -0.4 is 5.73 Å². The van der Waals surface area contributed by atoms with Gasteiger partial charge in [-0.15, -0.1) is 12.4 Å². The highest BCUT2D eigenvalue weighted by Gasteiger charge is 2.28. The van der Waals surface area contributed by atoms with E-state index in [9.17, 15) is 5.11 Å². The third-order valence-corrected chi connectivity index (χ3v) is 4.76. The predicted molar refractivity (Wildman–Crippen MR) is 93.9 cm³/mol. The fraction of sp³-hybridized carbons (Fsp3) is 0.368. The molecule has 2 nitrogen and oxygen atoms in total. The van der Waals surface area contributed by atoms with Gasteiger partial charge >= 0.3 is 0 Å². The number of hydrogen-bond acceptors (Lipinski definition) is 2. The molecule has 118 valence electrons. The zero-order valence-electron chi connectivity index (χ0n) is 13.2. The Bertz CT molecular complexity index is 654. The molecule has 2 unspecified atom stereocenters. The first kappa shape index (κ1) is 16.9. The first-order valence-corrected chi connectivity index (χ1v) is 7.79. The summed E-state index contributed by atoms with van der Waals surface area (Å²) in [7, 11) is 0. The molecule has 0 amide bonds. The fourth-order valence-corrected chi connectivity index (χ4v) is 3.66. The molecule has 1 aliphatic carbocycles. The van der Waals surface area contributed by atoms with Gasteiger partial charge in [-0.2, -0.15) is 0 Å². The summed E-state index contributed by atoms with van der Waals surface area (Å²) >= 11 is 0. The molecule has 0 aromatic heterocycles. The Morgan fingerprint density at radius 3 is 2.59 bits per heavy atom. The number of rotatable bonds is 3. The Morgan fingerprint density at radius 2 is 1.95 bits per heavy atom. The Morgan fingerprint density at radius 1 is 1.27 bits per heavy atom. The van der Waals surface area contributed by atoms with Crippen LogP contribution in [0.15, 0.2) is 36.4 Å². The standard InChI is InChI=1S/C19H23NO.ClH/c1-3-14(13-7-5-4-6-8-13)16-11-12(2)15-9-10-17(20)18(15)19(16)21;/h4-8,11,14,17,21H,3,9-10,20H2,1-2H3;1H. The number of aryl methyl sites for hydroxylation is 1. The number of fused-ring (bicyclic) bond motifs is 1. The highest BCUT2D eigenvalue weighted by atomic mass is 35.5. The maximum absolute atomic E-state index is 10.8. The second kappa shape index (κ2) is 6.72. The number of nitrogens with two attached hydrogens (primary N) is 1. The summed E-state index contributed by atoms with van der Waals surface area (Å²) in [6.45, 7) is 4.30. The van der Waals surface area contributed by atoms with Crippen LogP contribution in [-0.4, -0.2) is 5.11 Å². The van der Waals surface area contributed by atoms with Crippen molar-refractivity contribution < 1.29 is 5.11 Å². The topological polar surface area (TPSA) is 46.2 Å². The summed E-state index contributed by atoms with van der Waals surface area (Å²) in [4.78, 5) is 0. The first-order chi connectivity index (χ1) is 10.1. The van der Waals surface area contributed by atoms with Gasteiger partial charge < -0.3 is 10.8 Å². The average molecular weight is 318 g/mol. The summed E-state index contributed by atoms with van der Waals surface area (Å²) in [5.74, 6) is 0.652. The van der Waals surface area contributed by atoms with Crippen molar-refractivity contribution in [2.24, 2.45) is 5.73 Å². The van der Waals surface area contributed by atoms with Crippen molar-refractivity contribution in [1.82, 2.24) is 0 Å². The summed E-state index contributed by atoms with van der Waals surface area (Å²) in [5.41, 5.74) is 12.0. The van der Waals surface area contributed by atoms with E-state index in [1.165, 1.54) is 16.7 Å². The Hall–Kier alpha value is -1.51. The number of benzene rings is 2. The maximum atomic E-state index is 10.8. The minimum absolute atomic E-state index is 0. The van der Waals surface area contributed by atoms with Crippen LogP contribution in [0.25, 0.3) is 0 Å². The van der Waals surface area contributed by atoms with Gasteiger partial charge in [0.05, 0.1) is 0 Å². The Labute approximate surface area is 138 Å². The highest BCUT2D eigenvalue weighted by molar-refractivity contribution is 5.85. The summed E-state index contributed by atoms with van der Waals surface area (Å²) in [6, 6.07) is 12.5. The molecule has 0 fully saturated rings. The SMILES string of the molecule is CCC(c1ccccc1)c1cc(C)c2c(c1O)C(N)CC2.Cl. The van der Waals surface area contributed by atoms with E-state index in [1.54, 1.807) is 0 Å². The minimum Gasteiger partial charge on any atom is -0.507 e. The molecule has 3 heteroatoms. The Kier molecular flexibility index (Phi) is 5.15. The lowest BCUT2D eigenvalue weighted by atomic mass is 9.85. The van der Waals surface area contributed by atoms with Crippen molar-refractivity contribution in [1.29, 1.82) is 0 Å². The number of halogens is 1. The van der Waals surface area contributed by atoms with Crippen molar-refractivity contribution >= 4 is 12.4 Å².